The lowest BCUT2D eigenvalue weighted by atomic mass is 9.77. The van der Waals surface area contributed by atoms with E-state index in [1.54, 1.807) is 0 Å². The minimum Gasteiger partial charge on any atom is -0.398 e. The third kappa shape index (κ3) is 6.53. The molecule has 0 aliphatic carbocycles. The first-order chi connectivity index (χ1) is 23.1. The summed E-state index contributed by atoms with van der Waals surface area (Å²) >= 11 is 0. The van der Waals surface area contributed by atoms with Crippen LogP contribution in [0.15, 0.2) is 97.1 Å². The molecule has 0 atom stereocenters. The van der Waals surface area contributed by atoms with Crippen LogP contribution < -0.4 is 11.5 Å². The van der Waals surface area contributed by atoms with Crippen molar-refractivity contribution in [2.75, 3.05) is 11.5 Å². The topological polar surface area (TPSA) is 52.0 Å². The lowest BCUT2D eigenvalue weighted by Gasteiger charge is -2.28. The molecular formula is C48H56N2. The Morgan fingerprint density at radius 2 is 0.640 bits per heavy atom. The van der Waals surface area contributed by atoms with Crippen LogP contribution >= 0.6 is 0 Å². The van der Waals surface area contributed by atoms with E-state index in [0.717, 1.165) is 66.3 Å². The van der Waals surface area contributed by atoms with Crippen molar-refractivity contribution in [2.45, 2.75) is 105 Å². The van der Waals surface area contributed by atoms with Gasteiger partial charge in [-0.25, -0.2) is 0 Å². The van der Waals surface area contributed by atoms with Crippen molar-refractivity contribution in [3.05, 3.63) is 119 Å². The van der Waals surface area contributed by atoms with Gasteiger partial charge in [-0.3, -0.25) is 0 Å². The van der Waals surface area contributed by atoms with E-state index < -0.39 is 0 Å². The van der Waals surface area contributed by atoms with Crippen LogP contribution in [-0.2, 0) is 21.7 Å². The molecule has 4 N–H and O–H groups in total. The SMILES string of the molecule is CC(C)(C)c1cc(-c2cc3ccccc3c(-c3c(N)c(-c4cc(C(C)(C)C)cc(C(C)(C)C)c4)cc4ccccc34)c2N)cc(C(C)(C)C)c1. The van der Waals surface area contributed by atoms with Crippen molar-refractivity contribution in [2.24, 2.45) is 0 Å². The Hall–Kier alpha value is -4.56. The fraction of sp³-hybridized carbons (Fsp3) is 0.333. The monoisotopic (exact) mass is 660 g/mol. The van der Waals surface area contributed by atoms with E-state index in [2.05, 4.69) is 180 Å². The molecule has 0 saturated carbocycles. The number of nitrogens with two attached hydrogens (primary N) is 2. The van der Waals surface area contributed by atoms with E-state index in [1.807, 2.05) is 0 Å². The highest BCUT2D eigenvalue weighted by Crippen LogP contribution is 2.49. The van der Waals surface area contributed by atoms with Gasteiger partial charge in [-0.1, -0.05) is 168 Å². The van der Waals surface area contributed by atoms with E-state index in [-0.39, 0.29) is 21.7 Å². The highest BCUT2D eigenvalue weighted by molar-refractivity contribution is 6.18. The molecule has 0 radical (unpaired) electrons. The molecule has 0 spiro atoms. The van der Waals surface area contributed by atoms with Crippen LogP contribution in [0.5, 0.6) is 0 Å². The lowest BCUT2D eigenvalue weighted by molar-refractivity contribution is 0.568. The Balaban J connectivity index is 1.74. The molecule has 0 bridgehead atoms. The second-order valence-electron chi connectivity index (χ2n) is 18.5. The van der Waals surface area contributed by atoms with Crippen LogP contribution in [0.4, 0.5) is 11.4 Å². The van der Waals surface area contributed by atoms with Crippen LogP contribution in [-0.4, -0.2) is 0 Å². The highest BCUT2D eigenvalue weighted by atomic mass is 14.6. The molecule has 0 aliphatic rings. The average Bonchev–Trinajstić information content (AvgIpc) is 3.03. The number of hydrogen-bond donors (Lipinski definition) is 2. The molecule has 6 aromatic carbocycles. The molecule has 2 heteroatoms. The number of fused-ring (bicyclic) bond motifs is 2. The summed E-state index contributed by atoms with van der Waals surface area (Å²) < 4.78 is 0. The molecule has 0 amide bonds. The van der Waals surface area contributed by atoms with Crippen LogP contribution in [0, 0.1) is 0 Å². The van der Waals surface area contributed by atoms with Crippen molar-refractivity contribution in [1.29, 1.82) is 0 Å². The zero-order chi connectivity index (χ0) is 36.6. The second-order valence-corrected chi connectivity index (χ2v) is 18.5. The second kappa shape index (κ2) is 12.0. The van der Waals surface area contributed by atoms with E-state index in [4.69, 9.17) is 11.5 Å². The Morgan fingerprint density at radius 1 is 0.360 bits per heavy atom. The van der Waals surface area contributed by atoms with Crippen molar-refractivity contribution >= 4 is 32.9 Å². The van der Waals surface area contributed by atoms with Gasteiger partial charge in [0, 0.05) is 33.6 Å². The van der Waals surface area contributed by atoms with Crippen LogP contribution in [0.3, 0.4) is 0 Å². The minimum absolute atomic E-state index is 0.0209. The number of rotatable bonds is 3. The van der Waals surface area contributed by atoms with Gasteiger partial charge in [0.05, 0.1) is 0 Å². The normalized spacial score (nSPS) is 13.0. The van der Waals surface area contributed by atoms with Crippen molar-refractivity contribution < 1.29 is 0 Å². The highest BCUT2D eigenvalue weighted by Gasteiger charge is 2.26. The van der Waals surface area contributed by atoms with Gasteiger partial charge in [0.1, 0.15) is 0 Å². The average molecular weight is 661 g/mol. The van der Waals surface area contributed by atoms with Crippen molar-refractivity contribution in [3.63, 3.8) is 0 Å². The van der Waals surface area contributed by atoms with Gasteiger partial charge in [-0.05, 0) is 88.7 Å². The first kappa shape index (κ1) is 35.3. The van der Waals surface area contributed by atoms with E-state index in [0.29, 0.717) is 0 Å². The molecule has 0 aliphatic heterocycles. The molecular weight excluding hydrogens is 605 g/mol. The Bertz CT molecular complexity index is 2030. The van der Waals surface area contributed by atoms with Gasteiger partial charge < -0.3 is 11.5 Å². The van der Waals surface area contributed by atoms with Gasteiger partial charge in [0.15, 0.2) is 0 Å². The maximum Gasteiger partial charge on any atom is 0.0480 e. The Labute approximate surface area is 300 Å². The zero-order valence-electron chi connectivity index (χ0n) is 32.4. The molecule has 0 unspecified atom stereocenters. The van der Waals surface area contributed by atoms with Crippen molar-refractivity contribution in [1.82, 2.24) is 0 Å². The molecule has 258 valence electrons. The fourth-order valence-corrected chi connectivity index (χ4v) is 7.04. The predicted octanol–water partition coefficient (Wildman–Crippen LogP) is 13.3. The summed E-state index contributed by atoms with van der Waals surface area (Å²) in [4.78, 5) is 0. The molecule has 0 saturated heterocycles. The molecule has 0 fully saturated rings. The number of nitrogen functional groups attached to an aromatic ring is 2. The summed E-state index contributed by atoms with van der Waals surface area (Å²) in [5.41, 5.74) is 27.9. The van der Waals surface area contributed by atoms with Gasteiger partial charge >= 0.3 is 0 Å². The minimum atomic E-state index is -0.0209. The van der Waals surface area contributed by atoms with Gasteiger partial charge in [-0.2, -0.15) is 0 Å². The Morgan fingerprint density at radius 3 is 0.920 bits per heavy atom. The molecule has 50 heavy (non-hydrogen) atoms. The third-order valence-electron chi connectivity index (χ3n) is 10.4. The fourth-order valence-electron chi connectivity index (χ4n) is 7.04. The van der Waals surface area contributed by atoms with E-state index in [1.165, 1.54) is 22.3 Å². The summed E-state index contributed by atoms with van der Waals surface area (Å²) in [6, 6.07) is 35.8. The van der Waals surface area contributed by atoms with Gasteiger partial charge in [0.2, 0.25) is 0 Å². The first-order valence-corrected chi connectivity index (χ1v) is 18.1. The van der Waals surface area contributed by atoms with Gasteiger partial charge in [0.25, 0.3) is 0 Å². The first-order valence-electron chi connectivity index (χ1n) is 18.1. The molecule has 2 nitrogen and oxygen atoms in total. The smallest absolute Gasteiger partial charge is 0.0480 e. The zero-order valence-corrected chi connectivity index (χ0v) is 32.4. The predicted molar refractivity (Wildman–Crippen MR) is 221 cm³/mol. The summed E-state index contributed by atoms with van der Waals surface area (Å²) in [5.74, 6) is 0. The summed E-state index contributed by atoms with van der Waals surface area (Å²) in [6.07, 6.45) is 0. The maximum absolute atomic E-state index is 7.49. The quantitative estimate of drug-likeness (QED) is 0.186. The molecule has 0 aromatic heterocycles. The Kier molecular flexibility index (Phi) is 8.50. The number of hydrogen-bond acceptors (Lipinski definition) is 2. The number of anilines is 2. The summed E-state index contributed by atoms with van der Waals surface area (Å²) in [7, 11) is 0. The summed E-state index contributed by atoms with van der Waals surface area (Å²) in [6.45, 7) is 27.4. The summed E-state index contributed by atoms with van der Waals surface area (Å²) in [5, 5.41) is 4.49. The lowest BCUT2D eigenvalue weighted by Crippen LogP contribution is -2.16. The molecule has 6 aromatic rings. The molecule has 6 rings (SSSR count). The van der Waals surface area contributed by atoms with Crippen LogP contribution in [0.2, 0.25) is 0 Å². The maximum atomic E-state index is 7.49. The largest absolute Gasteiger partial charge is 0.398 e. The van der Waals surface area contributed by atoms with Gasteiger partial charge in [-0.15, -0.1) is 0 Å². The molecule has 0 heterocycles. The van der Waals surface area contributed by atoms with E-state index in [9.17, 15) is 0 Å². The van der Waals surface area contributed by atoms with Crippen molar-refractivity contribution in [3.8, 4) is 33.4 Å². The van der Waals surface area contributed by atoms with E-state index >= 15 is 0 Å². The number of benzene rings is 6. The third-order valence-corrected chi connectivity index (χ3v) is 10.4. The standard InChI is InChI=1S/C48H56N2/c1-45(2,3)33-21-31(22-34(27-33)46(4,5)6)39-25-29-17-13-15-19-37(29)41(43(39)49)42-38-20-16-14-18-30(38)26-40(44(42)50)32-23-35(47(7,8)9)28-36(24-32)48(10,11)12/h13-28H,49-50H2,1-12H3. The van der Waals surface area contributed by atoms with Crippen LogP contribution in [0.25, 0.3) is 54.9 Å². The van der Waals surface area contributed by atoms with Crippen LogP contribution in [0.1, 0.15) is 105 Å².